The van der Waals surface area contributed by atoms with Crippen molar-refractivity contribution in [1.29, 1.82) is 5.41 Å². The number of nitrogens with one attached hydrogen (secondary N) is 3. The highest BCUT2D eigenvalue weighted by Gasteiger charge is 2.35. The van der Waals surface area contributed by atoms with Crippen molar-refractivity contribution in [3.05, 3.63) is 34.9 Å². The van der Waals surface area contributed by atoms with Crippen LogP contribution in [-0.2, 0) is 14.3 Å². The fourth-order valence-electron chi connectivity index (χ4n) is 3.06. The maximum Gasteiger partial charge on any atom is 0.351 e. The summed E-state index contributed by atoms with van der Waals surface area (Å²) < 4.78 is 7.02. The van der Waals surface area contributed by atoms with E-state index in [0.29, 0.717) is 19.5 Å². The summed E-state index contributed by atoms with van der Waals surface area (Å²) in [6.07, 6.45) is 3.09. The van der Waals surface area contributed by atoms with Crippen LogP contribution in [0.25, 0.3) is 0 Å². The second-order valence-electron chi connectivity index (χ2n) is 7.42. The summed E-state index contributed by atoms with van der Waals surface area (Å²) in [7, 11) is 1.66. The van der Waals surface area contributed by atoms with E-state index in [-0.39, 0.29) is 24.1 Å². The highest BCUT2D eigenvalue weighted by atomic mass is 16.5. The van der Waals surface area contributed by atoms with E-state index >= 15 is 0 Å². The number of rotatable bonds is 9. The topological polar surface area (TPSA) is 207 Å². The lowest BCUT2D eigenvalue weighted by Gasteiger charge is -2.32. The number of guanidine groups is 1. The summed E-state index contributed by atoms with van der Waals surface area (Å²) in [4.78, 5) is 42.4. The van der Waals surface area contributed by atoms with Gasteiger partial charge < -0.3 is 37.5 Å². The molecule has 2 amide bonds. The number of anilines is 1. The molecule has 2 rings (SSSR count). The van der Waals surface area contributed by atoms with Gasteiger partial charge in [-0.3, -0.25) is 19.6 Å². The summed E-state index contributed by atoms with van der Waals surface area (Å²) in [5.74, 6) is -0.806. The predicted molar refractivity (Wildman–Crippen MR) is 118 cm³/mol. The molecule has 176 valence electrons. The fraction of sp³-hybridized carbons (Fsp3) is 0.526. The molecule has 1 aliphatic rings. The molecule has 0 saturated heterocycles. The Morgan fingerprint density at radius 1 is 1.41 bits per heavy atom. The van der Waals surface area contributed by atoms with Gasteiger partial charge in [0.2, 0.25) is 5.91 Å². The zero-order chi connectivity index (χ0) is 23.8. The molecule has 0 bridgehead atoms. The number of aromatic nitrogens is 2. The molecule has 1 aromatic rings. The van der Waals surface area contributed by atoms with E-state index in [4.69, 9.17) is 27.3 Å². The largest absolute Gasteiger partial charge is 0.383 e. The van der Waals surface area contributed by atoms with Crippen molar-refractivity contribution in [3.8, 4) is 0 Å². The minimum atomic E-state index is -1.07. The molecule has 0 spiro atoms. The van der Waals surface area contributed by atoms with Crippen LogP contribution < -0.4 is 33.5 Å². The van der Waals surface area contributed by atoms with Crippen molar-refractivity contribution >= 4 is 23.6 Å². The maximum atomic E-state index is 12.6. The molecular weight excluding hydrogens is 418 g/mol. The van der Waals surface area contributed by atoms with Crippen molar-refractivity contribution in [2.75, 3.05) is 25.9 Å². The summed E-state index contributed by atoms with van der Waals surface area (Å²) in [6, 6.07) is 0.230. The third-order valence-electron chi connectivity index (χ3n) is 4.85. The molecule has 0 aromatic carbocycles. The number of nitrogens with zero attached hydrogens (tertiary/aromatic N) is 3. The van der Waals surface area contributed by atoms with Crippen LogP contribution in [0, 0.1) is 5.41 Å². The Bertz CT molecular complexity index is 916. The van der Waals surface area contributed by atoms with E-state index in [2.05, 4.69) is 15.6 Å². The van der Waals surface area contributed by atoms with Crippen molar-refractivity contribution in [3.63, 3.8) is 0 Å². The van der Waals surface area contributed by atoms with E-state index in [1.165, 1.54) is 21.7 Å². The van der Waals surface area contributed by atoms with Crippen molar-refractivity contribution in [1.82, 2.24) is 25.1 Å². The minimum absolute atomic E-state index is 0.0168. The van der Waals surface area contributed by atoms with E-state index in [1.807, 2.05) is 0 Å². The minimum Gasteiger partial charge on any atom is -0.383 e. The molecule has 0 aliphatic carbocycles. The maximum absolute atomic E-state index is 12.6. The van der Waals surface area contributed by atoms with Gasteiger partial charge in [0.15, 0.2) is 18.3 Å². The van der Waals surface area contributed by atoms with Gasteiger partial charge in [0.05, 0.1) is 6.04 Å². The second kappa shape index (κ2) is 11.2. The van der Waals surface area contributed by atoms with Crippen LogP contribution in [0.5, 0.6) is 0 Å². The van der Waals surface area contributed by atoms with Gasteiger partial charge in [-0.05, 0) is 25.5 Å². The normalized spacial score (nSPS) is 20.9. The molecule has 0 fully saturated rings. The molecule has 13 heteroatoms. The third-order valence-corrected chi connectivity index (χ3v) is 4.85. The number of carbonyl (C=O) groups is 2. The molecule has 4 atom stereocenters. The van der Waals surface area contributed by atoms with Crippen LogP contribution in [0.1, 0.15) is 26.0 Å². The van der Waals surface area contributed by atoms with Crippen LogP contribution >= 0.6 is 0 Å². The van der Waals surface area contributed by atoms with Gasteiger partial charge in [-0.1, -0.05) is 6.08 Å². The van der Waals surface area contributed by atoms with Crippen LogP contribution in [0.15, 0.2) is 29.2 Å². The van der Waals surface area contributed by atoms with Crippen LogP contribution in [-0.4, -0.2) is 70.5 Å². The fourth-order valence-corrected chi connectivity index (χ4v) is 3.06. The lowest BCUT2D eigenvalue weighted by atomic mass is 10.0. The van der Waals surface area contributed by atoms with Crippen LogP contribution in [0.2, 0.25) is 0 Å². The van der Waals surface area contributed by atoms with E-state index in [9.17, 15) is 14.4 Å². The number of carbonyl (C=O) groups excluding carboxylic acids is 2. The standard InChI is InChI=1S/C19H31N9O4/c1-3-24-17(30)16-12(25-14(29)10-11(20)6-8-27(2)18(22)23)4-5-15(32-16)28-9-7-13(21)26-19(28)31/h4-5,7,9,11-12,15-16H,3,6,8,10,20H2,1-2H3,(H3,22,23)(H,24,30)(H,25,29)(H2,21,26,31)/t11-,12-,15+,16-/m0/s1. The predicted octanol–water partition coefficient (Wildman–Crippen LogP) is -2.17. The summed E-state index contributed by atoms with van der Waals surface area (Å²) in [5.41, 5.74) is 16.3. The summed E-state index contributed by atoms with van der Waals surface area (Å²) in [5, 5.41) is 12.8. The first-order chi connectivity index (χ1) is 15.1. The van der Waals surface area contributed by atoms with Crippen LogP contribution in [0.4, 0.5) is 5.82 Å². The van der Waals surface area contributed by atoms with E-state index in [1.54, 1.807) is 26.1 Å². The molecule has 0 saturated carbocycles. The highest BCUT2D eigenvalue weighted by molar-refractivity contribution is 5.84. The molecule has 0 radical (unpaired) electrons. The lowest BCUT2D eigenvalue weighted by Crippen LogP contribution is -2.54. The number of likely N-dealkylation sites (N-methyl/N-ethyl adjacent to an activating group) is 1. The zero-order valence-electron chi connectivity index (χ0n) is 18.2. The molecule has 2 heterocycles. The van der Waals surface area contributed by atoms with Crippen LogP contribution in [0.3, 0.4) is 0 Å². The molecule has 1 aliphatic heterocycles. The van der Waals surface area contributed by atoms with E-state index in [0.717, 1.165) is 0 Å². The van der Waals surface area contributed by atoms with Gasteiger partial charge in [0.25, 0.3) is 5.91 Å². The van der Waals surface area contributed by atoms with Gasteiger partial charge in [-0.2, -0.15) is 4.98 Å². The SMILES string of the molecule is CCNC(=O)[C@H]1O[C@@H](n2ccc(N)nc2=O)C=C[C@@H]1NC(=O)C[C@@H](N)CCN(C)C(=N)N. The third kappa shape index (κ3) is 6.78. The Labute approximate surface area is 185 Å². The van der Waals surface area contributed by atoms with Crippen molar-refractivity contribution in [2.45, 2.75) is 44.2 Å². The molecule has 32 heavy (non-hydrogen) atoms. The Morgan fingerprint density at radius 3 is 2.75 bits per heavy atom. The van der Waals surface area contributed by atoms with Gasteiger partial charge in [0.1, 0.15) is 5.82 Å². The zero-order valence-corrected chi connectivity index (χ0v) is 18.2. The number of hydrogen-bond acceptors (Lipinski definition) is 8. The van der Waals surface area contributed by atoms with Gasteiger partial charge in [-0.15, -0.1) is 0 Å². The van der Waals surface area contributed by atoms with Crippen molar-refractivity contribution in [2.24, 2.45) is 11.5 Å². The average molecular weight is 450 g/mol. The number of ether oxygens (including phenoxy) is 1. The highest BCUT2D eigenvalue weighted by Crippen LogP contribution is 2.21. The first kappa shape index (κ1) is 24.8. The number of amides is 2. The molecule has 13 nitrogen and oxygen atoms in total. The van der Waals surface area contributed by atoms with Crippen molar-refractivity contribution < 1.29 is 14.3 Å². The van der Waals surface area contributed by atoms with Gasteiger partial charge in [0, 0.05) is 38.8 Å². The average Bonchev–Trinajstić information content (AvgIpc) is 2.72. The Balaban J connectivity index is 2.07. The molecule has 1 aromatic heterocycles. The molecule has 9 N–H and O–H groups in total. The first-order valence-electron chi connectivity index (χ1n) is 10.2. The Morgan fingerprint density at radius 2 is 2.12 bits per heavy atom. The quantitative estimate of drug-likeness (QED) is 0.137. The smallest absolute Gasteiger partial charge is 0.351 e. The van der Waals surface area contributed by atoms with E-state index < -0.39 is 36.0 Å². The summed E-state index contributed by atoms with van der Waals surface area (Å²) >= 11 is 0. The first-order valence-corrected chi connectivity index (χ1v) is 10.2. The van der Waals surface area contributed by atoms with Gasteiger partial charge in [-0.25, -0.2) is 4.79 Å². The Kier molecular flexibility index (Phi) is 8.72. The Hall–Kier alpha value is -3.45. The monoisotopic (exact) mass is 449 g/mol. The molecule has 0 unspecified atom stereocenters. The number of nitrogen functional groups attached to an aromatic ring is 1. The second-order valence-corrected chi connectivity index (χ2v) is 7.42. The number of nitrogens with two attached hydrogens (primary N) is 3. The summed E-state index contributed by atoms with van der Waals surface area (Å²) in [6.45, 7) is 2.56. The van der Waals surface area contributed by atoms with Gasteiger partial charge >= 0.3 is 5.69 Å². The number of hydrogen-bond donors (Lipinski definition) is 6. The molecular formula is C19H31N9O4. The lowest BCUT2D eigenvalue weighted by molar-refractivity contribution is -0.142.